The molecule has 1 aliphatic heterocycles. The second-order valence-corrected chi connectivity index (χ2v) is 9.23. The quantitative estimate of drug-likeness (QED) is 0.393. The Hall–Kier alpha value is -2.99. The van der Waals surface area contributed by atoms with Crippen LogP contribution in [0.5, 0.6) is 0 Å². The van der Waals surface area contributed by atoms with Gasteiger partial charge in [-0.05, 0) is 48.8 Å². The fourth-order valence-corrected chi connectivity index (χ4v) is 5.80. The maximum atomic E-state index is 12.4. The van der Waals surface area contributed by atoms with Gasteiger partial charge in [0, 0.05) is 23.2 Å². The van der Waals surface area contributed by atoms with Crippen LogP contribution >= 0.6 is 0 Å². The third-order valence-corrected chi connectivity index (χ3v) is 7.29. The fourth-order valence-electron chi connectivity index (χ4n) is 5.80. The summed E-state index contributed by atoms with van der Waals surface area (Å²) in [6.45, 7) is 6.18. The van der Waals surface area contributed by atoms with Crippen molar-refractivity contribution in [2.75, 3.05) is 7.11 Å². The highest BCUT2D eigenvalue weighted by Gasteiger charge is 2.62. The number of hydrogen-bond acceptors (Lipinski definition) is 6. The molecule has 0 spiro atoms. The largest absolute Gasteiger partial charge is 0.460 e. The van der Waals surface area contributed by atoms with Gasteiger partial charge in [0.1, 0.15) is 13.2 Å². The Balaban J connectivity index is 1.60. The fraction of sp³-hybridized carbons (Fsp3) is 0.444. The van der Waals surface area contributed by atoms with E-state index in [1.54, 1.807) is 6.21 Å². The van der Waals surface area contributed by atoms with E-state index in [9.17, 15) is 9.90 Å². The molecule has 1 N–H and O–H groups in total. The van der Waals surface area contributed by atoms with Crippen LogP contribution in [0.2, 0.25) is 0 Å². The molecule has 6 unspecified atom stereocenters. The molecule has 2 heterocycles. The molecule has 4 rings (SSSR count). The number of aliphatic hydroxyl groups is 1. The second kappa shape index (κ2) is 9.48. The molecule has 1 saturated heterocycles. The van der Waals surface area contributed by atoms with Crippen LogP contribution in [-0.4, -0.2) is 41.1 Å². The molecular weight excluding hydrogens is 416 g/mol. The van der Waals surface area contributed by atoms with E-state index in [0.717, 1.165) is 28.8 Å². The number of rotatable bonds is 6. The smallest absolute Gasteiger partial charge is 0.338 e. The Kier molecular flexibility index (Phi) is 6.66. The third kappa shape index (κ3) is 4.32. The first-order valence-corrected chi connectivity index (χ1v) is 11.6. The van der Waals surface area contributed by atoms with Crippen molar-refractivity contribution in [2.24, 2.45) is 28.8 Å². The van der Waals surface area contributed by atoms with Crippen molar-refractivity contribution < 1.29 is 19.5 Å². The summed E-state index contributed by atoms with van der Waals surface area (Å²) in [5.74, 6) is -0.0803. The number of oxime groups is 1. The first-order valence-electron chi connectivity index (χ1n) is 11.6. The minimum absolute atomic E-state index is 0.0395. The van der Waals surface area contributed by atoms with Crippen LogP contribution in [0.15, 0.2) is 53.8 Å². The van der Waals surface area contributed by atoms with Gasteiger partial charge < -0.3 is 14.7 Å². The summed E-state index contributed by atoms with van der Waals surface area (Å²) < 4.78 is 5.48. The molecule has 1 aliphatic carbocycles. The highest BCUT2D eigenvalue weighted by molar-refractivity contribution is 5.90. The standard InChI is InChI=1S/C27H32N2O4/c1-5-22-17(2)14-27(31)25(18(3)33-26(27)30)24(22)13-12-21-11-10-20(15-28-21)23-9-7-6-8-19(23)16-29-32-4/h6-13,15-18,22,24-25,31H,5,14H2,1-4H3/b13-12+,29-16+. The number of benzene rings is 1. The molecule has 174 valence electrons. The first-order chi connectivity index (χ1) is 15.9. The van der Waals surface area contributed by atoms with Crippen molar-refractivity contribution in [3.63, 3.8) is 0 Å². The van der Waals surface area contributed by atoms with Gasteiger partial charge in [-0.2, -0.15) is 0 Å². The van der Waals surface area contributed by atoms with E-state index in [4.69, 9.17) is 9.57 Å². The molecule has 2 fully saturated rings. The number of ether oxygens (including phenoxy) is 1. The number of nitrogens with zero attached hydrogens (tertiary/aromatic N) is 2. The maximum Gasteiger partial charge on any atom is 0.338 e. The van der Waals surface area contributed by atoms with Gasteiger partial charge in [-0.3, -0.25) is 4.98 Å². The molecule has 1 aromatic carbocycles. The molecule has 6 heteroatoms. The van der Waals surface area contributed by atoms with E-state index < -0.39 is 11.6 Å². The summed E-state index contributed by atoms with van der Waals surface area (Å²) in [4.78, 5) is 21.9. The molecule has 0 bridgehead atoms. The lowest BCUT2D eigenvalue weighted by atomic mass is 9.59. The zero-order chi connectivity index (χ0) is 23.6. The van der Waals surface area contributed by atoms with E-state index in [2.05, 4.69) is 30.1 Å². The van der Waals surface area contributed by atoms with Gasteiger partial charge in [-0.25, -0.2) is 4.79 Å². The van der Waals surface area contributed by atoms with Gasteiger partial charge in [0.05, 0.1) is 11.9 Å². The van der Waals surface area contributed by atoms with Crippen LogP contribution in [-0.2, 0) is 14.4 Å². The Morgan fingerprint density at radius 2 is 2.06 bits per heavy atom. The minimum atomic E-state index is -1.40. The highest BCUT2D eigenvalue weighted by Crippen LogP contribution is 2.52. The van der Waals surface area contributed by atoms with E-state index in [1.165, 1.54) is 7.11 Å². The molecule has 1 aromatic heterocycles. The summed E-state index contributed by atoms with van der Waals surface area (Å²) >= 11 is 0. The number of carbonyl (C=O) groups is 1. The van der Waals surface area contributed by atoms with Crippen molar-refractivity contribution in [3.05, 3.63) is 59.9 Å². The zero-order valence-electron chi connectivity index (χ0n) is 19.6. The number of carbonyl (C=O) groups excluding carboxylic acids is 1. The lowest BCUT2D eigenvalue weighted by molar-refractivity contribution is -0.160. The average molecular weight is 449 g/mol. The van der Waals surface area contributed by atoms with Crippen molar-refractivity contribution in [2.45, 2.75) is 45.3 Å². The van der Waals surface area contributed by atoms with E-state index >= 15 is 0 Å². The SMILES string of the molecule is CCC1C(C)CC2(O)C(=O)OC(C)C2C1/C=C/c1ccc(-c2ccccc2/C=N/OC)cn1. The summed E-state index contributed by atoms with van der Waals surface area (Å²) in [6, 6.07) is 12.0. The number of pyridine rings is 1. The molecule has 2 aliphatic rings. The Morgan fingerprint density at radius 3 is 2.76 bits per heavy atom. The molecule has 0 radical (unpaired) electrons. The van der Waals surface area contributed by atoms with E-state index in [-0.39, 0.29) is 23.9 Å². The molecule has 2 aromatic rings. The molecule has 33 heavy (non-hydrogen) atoms. The molecule has 0 amide bonds. The van der Waals surface area contributed by atoms with Gasteiger partial charge in [0.25, 0.3) is 0 Å². The topological polar surface area (TPSA) is 81.0 Å². The number of fused-ring (bicyclic) bond motifs is 1. The van der Waals surface area contributed by atoms with Crippen molar-refractivity contribution in [3.8, 4) is 11.1 Å². The number of aromatic nitrogens is 1. The number of esters is 1. The lowest BCUT2D eigenvalue weighted by Crippen LogP contribution is -2.53. The zero-order valence-corrected chi connectivity index (χ0v) is 19.6. The van der Waals surface area contributed by atoms with Crippen LogP contribution in [0.3, 0.4) is 0 Å². The van der Waals surface area contributed by atoms with E-state index in [1.807, 2.05) is 55.6 Å². The van der Waals surface area contributed by atoms with Gasteiger partial charge in [-0.15, -0.1) is 0 Å². The maximum absolute atomic E-state index is 12.4. The first kappa shape index (κ1) is 23.2. The average Bonchev–Trinajstić information content (AvgIpc) is 3.03. The highest BCUT2D eigenvalue weighted by atomic mass is 16.6. The van der Waals surface area contributed by atoms with E-state index in [0.29, 0.717) is 12.3 Å². The molecule has 6 atom stereocenters. The Bertz CT molecular complexity index is 1050. The number of cyclic esters (lactones) is 1. The van der Waals surface area contributed by atoms with Gasteiger partial charge in [-0.1, -0.05) is 61.8 Å². The summed E-state index contributed by atoms with van der Waals surface area (Å²) in [7, 11) is 1.52. The normalized spacial score (nSPS) is 31.7. The second-order valence-electron chi connectivity index (χ2n) is 9.23. The molecule has 6 nitrogen and oxygen atoms in total. The van der Waals surface area contributed by atoms with Crippen molar-refractivity contribution >= 4 is 18.3 Å². The van der Waals surface area contributed by atoms with Gasteiger partial charge >= 0.3 is 5.97 Å². The van der Waals surface area contributed by atoms with Gasteiger partial charge in [0.2, 0.25) is 0 Å². The number of hydrogen-bond donors (Lipinski definition) is 1. The summed E-state index contributed by atoms with van der Waals surface area (Å²) in [6.07, 6.45) is 8.80. The third-order valence-electron chi connectivity index (χ3n) is 7.29. The molecular formula is C27H32N2O4. The van der Waals surface area contributed by atoms with Crippen LogP contribution in [0.4, 0.5) is 0 Å². The van der Waals surface area contributed by atoms with Crippen LogP contribution in [0.25, 0.3) is 17.2 Å². The minimum Gasteiger partial charge on any atom is -0.460 e. The van der Waals surface area contributed by atoms with Crippen molar-refractivity contribution in [1.29, 1.82) is 0 Å². The summed E-state index contributed by atoms with van der Waals surface area (Å²) in [5.41, 5.74) is 2.39. The lowest BCUT2D eigenvalue weighted by Gasteiger charge is -2.45. The van der Waals surface area contributed by atoms with Crippen LogP contribution in [0, 0.1) is 23.7 Å². The van der Waals surface area contributed by atoms with Crippen LogP contribution in [0.1, 0.15) is 44.9 Å². The van der Waals surface area contributed by atoms with Crippen LogP contribution < -0.4 is 0 Å². The van der Waals surface area contributed by atoms with Crippen molar-refractivity contribution in [1.82, 2.24) is 4.98 Å². The predicted molar refractivity (Wildman–Crippen MR) is 128 cm³/mol. The Morgan fingerprint density at radius 1 is 1.27 bits per heavy atom. The Labute approximate surface area is 195 Å². The molecule has 1 saturated carbocycles. The summed E-state index contributed by atoms with van der Waals surface area (Å²) in [5, 5.41) is 15.1. The number of allylic oxidation sites excluding steroid dienone is 1. The monoisotopic (exact) mass is 448 g/mol. The predicted octanol–water partition coefficient (Wildman–Crippen LogP) is 4.72. The van der Waals surface area contributed by atoms with Gasteiger partial charge in [0.15, 0.2) is 5.60 Å².